The maximum atomic E-state index is 4.43. The van der Waals surface area contributed by atoms with Gasteiger partial charge >= 0.3 is 0 Å². The number of fused-ring (bicyclic) bond motifs is 1. The topological polar surface area (TPSA) is 51.9 Å². The zero-order valence-electron chi connectivity index (χ0n) is 11.5. The van der Waals surface area contributed by atoms with Crippen molar-refractivity contribution in [3.63, 3.8) is 0 Å². The average molecular weight is 444 g/mol. The van der Waals surface area contributed by atoms with E-state index in [1.165, 1.54) is 5.56 Å². The fourth-order valence-electron chi connectivity index (χ4n) is 2.03. The first-order chi connectivity index (χ1) is 9.81. The Hall–Kier alpha value is -1.88. The number of nitrogens with zero attached hydrogens (tertiary/aromatic N) is 3. The molecule has 1 aromatic carbocycles. The summed E-state index contributed by atoms with van der Waals surface area (Å²) in [6.45, 7) is 4.04. The van der Waals surface area contributed by atoms with Gasteiger partial charge in [-0.05, 0) is 36.3 Å². The zero-order valence-corrected chi connectivity index (χ0v) is 14.7. The molecule has 0 amide bonds. The van der Waals surface area contributed by atoms with Crippen molar-refractivity contribution in [1.82, 2.24) is 15.0 Å². The molecule has 0 bridgehead atoms. The second-order valence-electron chi connectivity index (χ2n) is 4.62. The molecule has 0 aliphatic carbocycles. The summed E-state index contributed by atoms with van der Waals surface area (Å²) in [5.74, 6) is 0.712. The summed E-state index contributed by atoms with van der Waals surface area (Å²) in [7, 11) is 0. The third kappa shape index (κ3) is 4.04. The molecule has 3 aromatic rings. The zero-order chi connectivity index (χ0) is 13.8. The molecule has 4 nitrogen and oxygen atoms in total. The summed E-state index contributed by atoms with van der Waals surface area (Å²) in [4.78, 5) is 12.8. The van der Waals surface area contributed by atoms with E-state index in [-0.39, 0.29) is 22.4 Å². The van der Waals surface area contributed by atoms with E-state index in [9.17, 15) is 0 Å². The van der Waals surface area contributed by atoms with Crippen LogP contribution in [0.1, 0.15) is 12.0 Å². The van der Waals surface area contributed by atoms with Crippen molar-refractivity contribution in [2.75, 3.05) is 5.32 Å². The van der Waals surface area contributed by atoms with E-state index in [1.54, 1.807) is 12.4 Å². The van der Waals surface area contributed by atoms with Crippen molar-refractivity contribution in [3.8, 4) is 0 Å². The minimum atomic E-state index is 0. The van der Waals surface area contributed by atoms with Crippen molar-refractivity contribution in [2.24, 2.45) is 0 Å². The van der Waals surface area contributed by atoms with Gasteiger partial charge in [-0.15, -0.1) is 0 Å². The van der Waals surface area contributed by atoms with Gasteiger partial charge in [-0.3, -0.25) is 0 Å². The van der Waals surface area contributed by atoms with Crippen LogP contribution in [0.4, 0.5) is 5.82 Å². The number of hydrogen-bond acceptors (Lipinski definition) is 3. The monoisotopic (exact) mass is 444 g/mol. The van der Waals surface area contributed by atoms with Crippen molar-refractivity contribution in [3.05, 3.63) is 66.6 Å². The molecule has 105 valence electrons. The molecule has 0 aliphatic heterocycles. The Morgan fingerprint density at radius 3 is 2.81 bits per heavy atom. The molecule has 21 heavy (non-hydrogen) atoms. The van der Waals surface area contributed by atoms with Crippen LogP contribution in [0.3, 0.4) is 0 Å². The molecule has 0 atom stereocenters. The normalized spacial score (nSPS) is 10.1. The van der Waals surface area contributed by atoms with Crippen molar-refractivity contribution < 1.29 is 22.4 Å². The first-order valence-corrected chi connectivity index (χ1v) is 6.54. The van der Waals surface area contributed by atoms with Crippen LogP contribution in [-0.4, -0.2) is 9.97 Å². The summed E-state index contributed by atoms with van der Waals surface area (Å²) in [6.07, 6.45) is 5.21. The van der Waals surface area contributed by atoms with Gasteiger partial charge in [-0.25, -0.2) is 4.98 Å². The minimum absolute atomic E-state index is 0. The van der Waals surface area contributed by atoms with Crippen LogP contribution >= 0.6 is 0 Å². The summed E-state index contributed by atoms with van der Waals surface area (Å²) in [6, 6.07) is 12.2. The van der Waals surface area contributed by atoms with Gasteiger partial charge in [0.2, 0.25) is 0 Å². The minimum Gasteiger partial charge on any atom is -0.441 e. The molecule has 0 aliphatic rings. The Balaban J connectivity index is 0.00000161. The quantitative estimate of drug-likeness (QED) is 0.657. The fraction of sp³-hybridized carbons (Fsp3) is 0.125. The van der Waals surface area contributed by atoms with E-state index in [1.807, 2.05) is 24.3 Å². The molecule has 1 radical (unpaired) electrons. The van der Waals surface area contributed by atoms with E-state index in [2.05, 4.69) is 39.0 Å². The number of rotatable bonds is 5. The molecule has 3 rings (SSSR count). The Morgan fingerprint density at radius 1 is 1.19 bits per heavy atom. The molecule has 0 fully saturated rings. The molecular weight excluding hydrogens is 429 g/mol. The summed E-state index contributed by atoms with van der Waals surface area (Å²) >= 11 is 0. The number of nitrogens with one attached hydrogen (secondary N) is 1. The number of aryl methyl sites for hydroxylation is 1. The number of aromatic nitrogens is 3. The molecule has 2 aromatic heterocycles. The molecular formula is C16H15N4Ta-. The van der Waals surface area contributed by atoms with Crippen molar-refractivity contribution >= 4 is 17.0 Å². The van der Waals surface area contributed by atoms with Crippen molar-refractivity contribution in [2.45, 2.75) is 12.8 Å². The van der Waals surface area contributed by atoms with Gasteiger partial charge in [-0.1, -0.05) is 43.1 Å². The smallest absolute Gasteiger partial charge is 0.126 e. The van der Waals surface area contributed by atoms with Gasteiger partial charge in [0.1, 0.15) is 5.82 Å². The Kier molecular flexibility index (Phi) is 5.33. The molecule has 5 heteroatoms. The Bertz CT molecular complexity index is 721. The third-order valence-corrected chi connectivity index (χ3v) is 3.07. The van der Waals surface area contributed by atoms with Gasteiger partial charge in [0.05, 0.1) is 5.52 Å². The second kappa shape index (κ2) is 7.22. The number of allylic oxidation sites excluding steroid dienone is 1. The van der Waals surface area contributed by atoms with Crippen LogP contribution in [0.15, 0.2) is 61.1 Å². The first-order valence-electron chi connectivity index (χ1n) is 6.54. The van der Waals surface area contributed by atoms with Gasteiger partial charge in [-0.2, -0.15) is 0 Å². The van der Waals surface area contributed by atoms with Crippen molar-refractivity contribution in [1.29, 1.82) is 0 Å². The summed E-state index contributed by atoms with van der Waals surface area (Å²) < 4.78 is 0. The number of anilines is 1. The molecule has 1 N–H and O–H groups in total. The Labute approximate surface area is 139 Å². The van der Waals surface area contributed by atoms with E-state index < -0.39 is 0 Å². The fourth-order valence-corrected chi connectivity index (χ4v) is 2.03. The largest absolute Gasteiger partial charge is 0.441 e. The SMILES string of the molecule is C=C(CCc1ccccc1)Nc1cnc2[n-]ccc2n1.[Ta]. The predicted octanol–water partition coefficient (Wildman–Crippen LogP) is 3.14. The number of hydrogen-bond donors (Lipinski definition) is 1. The maximum absolute atomic E-state index is 4.43. The van der Waals surface area contributed by atoms with Gasteiger partial charge in [0, 0.05) is 28.1 Å². The average Bonchev–Trinajstić information content (AvgIpc) is 2.94. The molecule has 0 unspecified atom stereocenters. The molecule has 0 spiro atoms. The summed E-state index contributed by atoms with van der Waals surface area (Å²) in [5, 5.41) is 3.20. The number of benzene rings is 1. The van der Waals surface area contributed by atoms with Crippen LogP contribution in [0.2, 0.25) is 0 Å². The van der Waals surface area contributed by atoms with Gasteiger partial charge in [0.15, 0.2) is 0 Å². The standard InChI is InChI=1S/C16H15N4.Ta/c1-12(7-8-13-5-3-2-4-6-13)19-15-11-18-16-14(20-15)9-10-17-16;/h2-6,9-11H,1,7-8H2,(H-,17,18,19,20);/q-1;. The Morgan fingerprint density at radius 2 is 2.00 bits per heavy atom. The van der Waals surface area contributed by atoms with Gasteiger partial charge < -0.3 is 15.3 Å². The predicted molar refractivity (Wildman–Crippen MR) is 80.4 cm³/mol. The maximum Gasteiger partial charge on any atom is 0.126 e. The first kappa shape index (κ1) is 15.5. The van der Waals surface area contributed by atoms with Crippen LogP contribution < -0.4 is 10.3 Å². The molecule has 2 heterocycles. The summed E-state index contributed by atoms with van der Waals surface area (Å²) in [5.41, 5.74) is 3.70. The second-order valence-corrected chi connectivity index (χ2v) is 4.62. The molecule has 0 saturated carbocycles. The van der Waals surface area contributed by atoms with E-state index in [4.69, 9.17) is 0 Å². The van der Waals surface area contributed by atoms with Crippen LogP contribution in [0, 0.1) is 0 Å². The van der Waals surface area contributed by atoms with Gasteiger partial charge in [0.25, 0.3) is 0 Å². The van der Waals surface area contributed by atoms with Crippen LogP contribution in [0.5, 0.6) is 0 Å². The van der Waals surface area contributed by atoms with E-state index >= 15 is 0 Å². The van der Waals surface area contributed by atoms with Crippen LogP contribution in [0.25, 0.3) is 11.2 Å². The van der Waals surface area contributed by atoms with E-state index in [0.29, 0.717) is 11.5 Å². The van der Waals surface area contributed by atoms with E-state index in [0.717, 1.165) is 24.1 Å². The third-order valence-electron chi connectivity index (χ3n) is 3.07. The van der Waals surface area contributed by atoms with Crippen LogP contribution in [-0.2, 0) is 28.8 Å². The molecule has 0 saturated heterocycles.